The van der Waals surface area contributed by atoms with Gasteiger partial charge in [-0.1, -0.05) is 30.3 Å². The first-order valence-electron chi connectivity index (χ1n) is 4.59. The van der Waals surface area contributed by atoms with Crippen LogP contribution in [0.4, 0.5) is 0 Å². The van der Waals surface area contributed by atoms with E-state index in [2.05, 4.69) is 24.4 Å². The Morgan fingerprint density at radius 3 is 2.69 bits per heavy atom. The van der Waals surface area contributed by atoms with E-state index in [1.54, 1.807) is 0 Å². The molecule has 0 unspecified atom stereocenters. The number of benzene rings is 1. The standard InChI is InChI=1S/C11H16N2/c1-10(7-8-12)13-9-11-5-3-2-4-6-11/h2-6,8,10,12-13H,7,9H2,1H3/t10-/m1/s1. The van der Waals surface area contributed by atoms with Crippen LogP contribution in [0.3, 0.4) is 0 Å². The minimum Gasteiger partial charge on any atom is -0.313 e. The summed E-state index contributed by atoms with van der Waals surface area (Å²) in [4.78, 5) is 0. The molecule has 2 heteroatoms. The van der Waals surface area contributed by atoms with Crippen molar-refractivity contribution in [2.75, 3.05) is 0 Å². The molecule has 0 radical (unpaired) electrons. The highest BCUT2D eigenvalue weighted by Crippen LogP contribution is 1.98. The van der Waals surface area contributed by atoms with E-state index in [-0.39, 0.29) is 0 Å². The van der Waals surface area contributed by atoms with Gasteiger partial charge in [0.25, 0.3) is 0 Å². The normalized spacial score (nSPS) is 12.4. The molecule has 0 aromatic heterocycles. The van der Waals surface area contributed by atoms with E-state index in [4.69, 9.17) is 5.41 Å². The molecule has 0 amide bonds. The molecule has 0 saturated carbocycles. The second-order valence-corrected chi connectivity index (χ2v) is 3.21. The zero-order chi connectivity index (χ0) is 9.52. The van der Waals surface area contributed by atoms with Crippen molar-refractivity contribution in [2.24, 2.45) is 0 Å². The Morgan fingerprint density at radius 1 is 1.38 bits per heavy atom. The summed E-state index contributed by atoms with van der Waals surface area (Å²) >= 11 is 0. The molecule has 2 N–H and O–H groups in total. The summed E-state index contributed by atoms with van der Waals surface area (Å²) in [5.41, 5.74) is 1.29. The van der Waals surface area contributed by atoms with Crippen molar-refractivity contribution in [1.82, 2.24) is 5.32 Å². The van der Waals surface area contributed by atoms with E-state index in [1.807, 2.05) is 18.2 Å². The molecular formula is C11H16N2. The van der Waals surface area contributed by atoms with Gasteiger partial charge in [-0.15, -0.1) is 0 Å². The molecule has 0 bridgehead atoms. The Kier molecular flexibility index (Phi) is 4.19. The van der Waals surface area contributed by atoms with Crippen molar-refractivity contribution in [3.8, 4) is 0 Å². The smallest absolute Gasteiger partial charge is 0.0208 e. The van der Waals surface area contributed by atoms with Crippen LogP contribution in [0.2, 0.25) is 0 Å². The van der Waals surface area contributed by atoms with Crippen molar-refractivity contribution in [3.05, 3.63) is 35.9 Å². The van der Waals surface area contributed by atoms with E-state index in [9.17, 15) is 0 Å². The molecule has 1 rings (SSSR count). The molecule has 0 spiro atoms. The second kappa shape index (κ2) is 5.49. The first-order chi connectivity index (χ1) is 6.33. The fourth-order valence-corrected chi connectivity index (χ4v) is 1.15. The van der Waals surface area contributed by atoms with Crippen LogP contribution in [0.15, 0.2) is 30.3 Å². The van der Waals surface area contributed by atoms with Gasteiger partial charge in [-0.05, 0) is 25.1 Å². The topological polar surface area (TPSA) is 35.9 Å². The van der Waals surface area contributed by atoms with Crippen molar-refractivity contribution < 1.29 is 0 Å². The Morgan fingerprint density at radius 2 is 2.08 bits per heavy atom. The molecular weight excluding hydrogens is 160 g/mol. The highest BCUT2D eigenvalue weighted by atomic mass is 14.9. The Hall–Kier alpha value is -1.15. The molecule has 0 heterocycles. The third-order valence-corrected chi connectivity index (χ3v) is 1.97. The van der Waals surface area contributed by atoms with E-state index in [0.29, 0.717) is 6.04 Å². The molecule has 0 fully saturated rings. The van der Waals surface area contributed by atoms with E-state index in [1.165, 1.54) is 11.8 Å². The maximum atomic E-state index is 6.95. The Labute approximate surface area is 79.5 Å². The number of hydrogen-bond donors (Lipinski definition) is 2. The summed E-state index contributed by atoms with van der Waals surface area (Å²) < 4.78 is 0. The predicted octanol–water partition coefficient (Wildman–Crippen LogP) is 2.20. The van der Waals surface area contributed by atoms with Gasteiger partial charge in [-0.2, -0.15) is 0 Å². The van der Waals surface area contributed by atoms with Crippen LogP contribution < -0.4 is 5.32 Å². The first-order valence-corrected chi connectivity index (χ1v) is 4.59. The molecule has 13 heavy (non-hydrogen) atoms. The molecule has 2 nitrogen and oxygen atoms in total. The van der Waals surface area contributed by atoms with Crippen LogP contribution in [-0.2, 0) is 6.54 Å². The van der Waals surface area contributed by atoms with Crippen LogP contribution in [0.1, 0.15) is 18.9 Å². The van der Waals surface area contributed by atoms with E-state index in [0.717, 1.165) is 13.0 Å². The van der Waals surface area contributed by atoms with Crippen molar-refractivity contribution in [2.45, 2.75) is 25.9 Å². The quantitative estimate of drug-likeness (QED) is 0.663. The lowest BCUT2D eigenvalue weighted by Gasteiger charge is -2.10. The molecule has 0 aliphatic carbocycles. The summed E-state index contributed by atoms with van der Waals surface area (Å²) in [6, 6.07) is 10.7. The summed E-state index contributed by atoms with van der Waals surface area (Å²) in [5, 5.41) is 10.3. The third-order valence-electron chi connectivity index (χ3n) is 1.97. The molecule has 1 atom stereocenters. The van der Waals surface area contributed by atoms with Gasteiger partial charge in [-0.25, -0.2) is 0 Å². The average molecular weight is 176 g/mol. The zero-order valence-electron chi connectivity index (χ0n) is 7.96. The molecule has 0 saturated heterocycles. The van der Waals surface area contributed by atoms with Crippen LogP contribution in [0, 0.1) is 5.41 Å². The maximum Gasteiger partial charge on any atom is 0.0208 e. The van der Waals surface area contributed by atoms with Gasteiger partial charge in [0.15, 0.2) is 0 Å². The third kappa shape index (κ3) is 3.85. The van der Waals surface area contributed by atoms with E-state index >= 15 is 0 Å². The predicted molar refractivity (Wildman–Crippen MR) is 56.1 cm³/mol. The van der Waals surface area contributed by atoms with Crippen molar-refractivity contribution in [1.29, 1.82) is 5.41 Å². The van der Waals surface area contributed by atoms with Gasteiger partial charge >= 0.3 is 0 Å². The molecule has 0 aliphatic rings. The lowest BCUT2D eigenvalue weighted by molar-refractivity contribution is 0.566. The minimum absolute atomic E-state index is 0.387. The largest absolute Gasteiger partial charge is 0.313 e. The SMILES string of the molecule is C[C@H](CC=N)NCc1ccccc1. The number of nitrogens with one attached hydrogen (secondary N) is 2. The minimum atomic E-state index is 0.387. The lowest BCUT2D eigenvalue weighted by atomic mass is 10.2. The van der Waals surface area contributed by atoms with Gasteiger partial charge in [-0.3, -0.25) is 0 Å². The molecule has 70 valence electrons. The van der Waals surface area contributed by atoms with Crippen LogP contribution >= 0.6 is 0 Å². The number of rotatable bonds is 5. The fourth-order valence-electron chi connectivity index (χ4n) is 1.15. The van der Waals surface area contributed by atoms with Gasteiger partial charge in [0, 0.05) is 12.6 Å². The molecule has 1 aromatic carbocycles. The molecule has 0 aliphatic heterocycles. The summed E-state index contributed by atoms with van der Waals surface area (Å²) in [6.07, 6.45) is 2.25. The van der Waals surface area contributed by atoms with Crippen LogP contribution in [-0.4, -0.2) is 12.3 Å². The summed E-state index contributed by atoms with van der Waals surface area (Å²) in [5.74, 6) is 0. The lowest BCUT2D eigenvalue weighted by Crippen LogP contribution is -2.25. The fraction of sp³-hybridized carbons (Fsp3) is 0.364. The maximum absolute atomic E-state index is 6.95. The van der Waals surface area contributed by atoms with Crippen LogP contribution in [0.5, 0.6) is 0 Å². The van der Waals surface area contributed by atoms with Gasteiger partial charge in [0.05, 0.1) is 0 Å². The second-order valence-electron chi connectivity index (χ2n) is 3.21. The first kappa shape index (κ1) is 9.93. The highest BCUT2D eigenvalue weighted by molar-refractivity contribution is 5.53. The average Bonchev–Trinajstić information content (AvgIpc) is 2.17. The number of hydrogen-bond acceptors (Lipinski definition) is 2. The Bertz CT molecular complexity index is 244. The van der Waals surface area contributed by atoms with Gasteiger partial charge < -0.3 is 10.7 Å². The monoisotopic (exact) mass is 176 g/mol. The van der Waals surface area contributed by atoms with Crippen molar-refractivity contribution in [3.63, 3.8) is 0 Å². The summed E-state index contributed by atoms with van der Waals surface area (Å²) in [6.45, 7) is 2.98. The van der Waals surface area contributed by atoms with Gasteiger partial charge in [0.2, 0.25) is 0 Å². The highest BCUT2D eigenvalue weighted by Gasteiger charge is 1.97. The van der Waals surface area contributed by atoms with Crippen molar-refractivity contribution >= 4 is 6.21 Å². The summed E-state index contributed by atoms with van der Waals surface area (Å²) in [7, 11) is 0. The zero-order valence-corrected chi connectivity index (χ0v) is 7.96. The van der Waals surface area contributed by atoms with Crippen LogP contribution in [0.25, 0.3) is 0 Å². The van der Waals surface area contributed by atoms with E-state index < -0.39 is 0 Å². The Balaban J connectivity index is 2.30. The molecule has 1 aromatic rings. The van der Waals surface area contributed by atoms with Gasteiger partial charge in [0.1, 0.15) is 0 Å².